The molecule has 2 N–H and O–H groups in total. The minimum Gasteiger partial charge on any atom is -0.328 e. The van der Waals surface area contributed by atoms with Crippen LogP contribution in [0.15, 0.2) is 0 Å². The van der Waals surface area contributed by atoms with Gasteiger partial charge in [-0.05, 0) is 24.7 Å². The summed E-state index contributed by atoms with van der Waals surface area (Å²) in [4.78, 5) is 0. The van der Waals surface area contributed by atoms with Crippen molar-refractivity contribution in [3.05, 3.63) is 0 Å². The van der Waals surface area contributed by atoms with E-state index in [0.29, 0.717) is 6.04 Å². The minimum absolute atomic E-state index is 0.479. The first-order valence-corrected chi connectivity index (χ1v) is 4.44. The fourth-order valence-electron chi connectivity index (χ4n) is 1.48. The molecule has 1 fully saturated rings. The second-order valence-corrected chi connectivity index (χ2v) is 4.07. The summed E-state index contributed by atoms with van der Waals surface area (Å²) in [5, 5.41) is 0. The summed E-state index contributed by atoms with van der Waals surface area (Å²) < 4.78 is 0. The Bertz CT molecular complexity index is 90.9. The van der Waals surface area contributed by atoms with E-state index >= 15 is 0 Å². The van der Waals surface area contributed by atoms with Crippen molar-refractivity contribution in [3.63, 3.8) is 0 Å². The Labute approximate surface area is 64.0 Å². The first kappa shape index (κ1) is 8.06. The van der Waals surface area contributed by atoms with E-state index in [1.807, 2.05) is 0 Å². The molecule has 1 heteroatoms. The Morgan fingerprint density at radius 3 is 2.40 bits per heavy atom. The van der Waals surface area contributed by atoms with Gasteiger partial charge in [0, 0.05) is 6.04 Å². The van der Waals surface area contributed by atoms with Crippen LogP contribution in [0.1, 0.15) is 39.5 Å². The predicted molar refractivity (Wildman–Crippen MR) is 44.8 cm³/mol. The molecule has 1 atom stereocenters. The lowest BCUT2D eigenvalue weighted by atomic mass is 10.0. The van der Waals surface area contributed by atoms with Crippen LogP contribution >= 0.6 is 0 Å². The second kappa shape index (κ2) is 3.38. The van der Waals surface area contributed by atoms with Crippen LogP contribution in [0, 0.1) is 11.8 Å². The molecule has 0 aromatic rings. The Morgan fingerprint density at radius 1 is 1.40 bits per heavy atom. The lowest BCUT2D eigenvalue weighted by Gasteiger charge is -2.12. The summed E-state index contributed by atoms with van der Waals surface area (Å²) in [6.45, 7) is 4.49. The van der Waals surface area contributed by atoms with Crippen molar-refractivity contribution in [2.45, 2.75) is 45.6 Å². The maximum absolute atomic E-state index is 5.92. The molecule has 0 saturated heterocycles. The Morgan fingerprint density at radius 2 is 2.00 bits per heavy atom. The van der Waals surface area contributed by atoms with Crippen LogP contribution < -0.4 is 5.73 Å². The van der Waals surface area contributed by atoms with Gasteiger partial charge in [-0.3, -0.25) is 0 Å². The Balaban J connectivity index is 2.02. The van der Waals surface area contributed by atoms with E-state index in [-0.39, 0.29) is 0 Å². The topological polar surface area (TPSA) is 26.0 Å². The van der Waals surface area contributed by atoms with E-state index in [0.717, 1.165) is 11.8 Å². The molecule has 1 saturated carbocycles. The number of hydrogen-bond acceptors (Lipinski definition) is 1. The minimum atomic E-state index is 0.479. The summed E-state index contributed by atoms with van der Waals surface area (Å²) in [6, 6.07) is 0.479. The third kappa shape index (κ3) is 3.21. The molecule has 0 radical (unpaired) electrons. The number of hydrogen-bond donors (Lipinski definition) is 1. The van der Waals surface area contributed by atoms with E-state index in [1.54, 1.807) is 0 Å². The highest BCUT2D eigenvalue weighted by molar-refractivity contribution is 4.78. The van der Waals surface area contributed by atoms with Gasteiger partial charge in [0.05, 0.1) is 0 Å². The zero-order chi connectivity index (χ0) is 7.56. The van der Waals surface area contributed by atoms with E-state index in [2.05, 4.69) is 13.8 Å². The van der Waals surface area contributed by atoms with E-state index in [1.165, 1.54) is 25.7 Å². The van der Waals surface area contributed by atoms with Gasteiger partial charge in [0.15, 0.2) is 0 Å². The van der Waals surface area contributed by atoms with E-state index in [4.69, 9.17) is 5.73 Å². The molecule has 1 rings (SSSR count). The van der Waals surface area contributed by atoms with Crippen LogP contribution in [0.25, 0.3) is 0 Å². The lowest BCUT2D eigenvalue weighted by molar-refractivity contribution is 0.455. The van der Waals surface area contributed by atoms with Gasteiger partial charge < -0.3 is 5.73 Å². The first-order valence-electron chi connectivity index (χ1n) is 4.44. The normalized spacial score (nSPS) is 21.6. The zero-order valence-corrected chi connectivity index (χ0v) is 7.14. The molecule has 1 unspecified atom stereocenters. The van der Waals surface area contributed by atoms with Crippen molar-refractivity contribution in [3.8, 4) is 0 Å². The van der Waals surface area contributed by atoms with Crippen molar-refractivity contribution in [2.24, 2.45) is 17.6 Å². The maximum Gasteiger partial charge on any atom is 0.00439 e. The van der Waals surface area contributed by atoms with Gasteiger partial charge in [-0.15, -0.1) is 0 Å². The Hall–Kier alpha value is -0.0400. The number of rotatable bonds is 4. The third-order valence-corrected chi connectivity index (χ3v) is 2.11. The fourth-order valence-corrected chi connectivity index (χ4v) is 1.48. The number of nitrogens with two attached hydrogens (primary N) is 1. The first-order chi connectivity index (χ1) is 4.68. The summed E-state index contributed by atoms with van der Waals surface area (Å²) in [7, 11) is 0. The largest absolute Gasteiger partial charge is 0.328 e. The molecule has 0 aromatic carbocycles. The Kier molecular flexibility index (Phi) is 2.72. The predicted octanol–water partition coefficient (Wildman–Crippen LogP) is 2.16. The van der Waals surface area contributed by atoms with Crippen molar-refractivity contribution in [1.29, 1.82) is 0 Å². The average Bonchev–Trinajstić information content (AvgIpc) is 2.46. The van der Waals surface area contributed by atoms with E-state index in [9.17, 15) is 0 Å². The molecule has 10 heavy (non-hydrogen) atoms. The van der Waals surface area contributed by atoms with Crippen LogP contribution in [0.5, 0.6) is 0 Å². The molecule has 1 nitrogen and oxygen atoms in total. The van der Waals surface area contributed by atoms with Crippen molar-refractivity contribution >= 4 is 0 Å². The third-order valence-electron chi connectivity index (χ3n) is 2.11. The fraction of sp³-hybridized carbons (Fsp3) is 1.00. The van der Waals surface area contributed by atoms with Crippen molar-refractivity contribution in [2.75, 3.05) is 0 Å². The highest BCUT2D eigenvalue weighted by atomic mass is 14.6. The van der Waals surface area contributed by atoms with Gasteiger partial charge in [-0.25, -0.2) is 0 Å². The molecule has 0 bridgehead atoms. The van der Waals surface area contributed by atoms with Crippen molar-refractivity contribution < 1.29 is 0 Å². The summed E-state index contributed by atoms with van der Waals surface area (Å²) >= 11 is 0. The standard InChI is InChI=1S/C9H19N/c1-7(2)5-9(10)6-8-3-4-8/h7-9H,3-6,10H2,1-2H3. The van der Waals surface area contributed by atoms with E-state index < -0.39 is 0 Å². The highest BCUT2D eigenvalue weighted by Gasteiger charge is 2.23. The molecule has 60 valence electrons. The molecule has 0 spiro atoms. The zero-order valence-electron chi connectivity index (χ0n) is 7.14. The molecular formula is C9H19N. The van der Waals surface area contributed by atoms with Crippen molar-refractivity contribution in [1.82, 2.24) is 0 Å². The van der Waals surface area contributed by atoms with Gasteiger partial charge in [0.25, 0.3) is 0 Å². The summed E-state index contributed by atoms with van der Waals surface area (Å²) in [5.41, 5.74) is 5.92. The van der Waals surface area contributed by atoms with Gasteiger partial charge in [0.1, 0.15) is 0 Å². The van der Waals surface area contributed by atoms with Gasteiger partial charge in [-0.2, -0.15) is 0 Å². The molecule has 0 amide bonds. The smallest absolute Gasteiger partial charge is 0.00439 e. The quantitative estimate of drug-likeness (QED) is 0.638. The van der Waals surface area contributed by atoms with Crippen LogP contribution in [0.2, 0.25) is 0 Å². The lowest BCUT2D eigenvalue weighted by Crippen LogP contribution is -2.22. The van der Waals surface area contributed by atoms with Crippen LogP contribution in [-0.4, -0.2) is 6.04 Å². The van der Waals surface area contributed by atoms with Crippen LogP contribution in [-0.2, 0) is 0 Å². The summed E-state index contributed by atoms with van der Waals surface area (Å²) in [5.74, 6) is 1.77. The van der Waals surface area contributed by atoms with Gasteiger partial charge in [0.2, 0.25) is 0 Å². The molecule has 0 aromatic heterocycles. The molecule has 1 aliphatic carbocycles. The molecular weight excluding hydrogens is 122 g/mol. The highest BCUT2D eigenvalue weighted by Crippen LogP contribution is 2.33. The van der Waals surface area contributed by atoms with Gasteiger partial charge >= 0.3 is 0 Å². The SMILES string of the molecule is CC(C)CC(N)CC1CC1. The molecule has 0 aliphatic heterocycles. The molecule has 1 aliphatic rings. The van der Waals surface area contributed by atoms with Crippen LogP contribution in [0.3, 0.4) is 0 Å². The monoisotopic (exact) mass is 141 g/mol. The molecule has 0 heterocycles. The average molecular weight is 141 g/mol. The van der Waals surface area contributed by atoms with Gasteiger partial charge in [-0.1, -0.05) is 26.7 Å². The second-order valence-electron chi connectivity index (χ2n) is 4.07. The maximum atomic E-state index is 5.92. The summed E-state index contributed by atoms with van der Waals surface area (Å²) in [6.07, 6.45) is 5.35. The van der Waals surface area contributed by atoms with Crippen LogP contribution in [0.4, 0.5) is 0 Å².